The van der Waals surface area contributed by atoms with Gasteiger partial charge in [-0.15, -0.1) is 0 Å². The van der Waals surface area contributed by atoms with Gasteiger partial charge in [-0.05, 0) is 12.0 Å². The molecule has 0 saturated carbocycles. The van der Waals surface area contributed by atoms with E-state index in [2.05, 4.69) is 4.98 Å². The van der Waals surface area contributed by atoms with E-state index in [1.807, 2.05) is 13.0 Å². The van der Waals surface area contributed by atoms with E-state index in [4.69, 9.17) is 0 Å². The second kappa shape index (κ2) is 7.90. The minimum absolute atomic E-state index is 0.183. The molecule has 0 bridgehead atoms. The van der Waals surface area contributed by atoms with Gasteiger partial charge in [0, 0.05) is 32.5 Å². The molecule has 1 amide bonds. The molecule has 1 aromatic heterocycles. The Hall–Kier alpha value is -2.35. The molecule has 1 heterocycles. The molecule has 0 aliphatic rings. The van der Waals surface area contributed by atoms with E-state index < -0.39 is 29.9 Å². The van der Waals surface area contributed by atoms with E-state index in [0.717, 1.165) is 16.3 Å². The Morgan fingerprint density at radius 1 is 1.27 bits per heavy atom. The second-order valence-electron chi connectivity index (χ2n) is 6.20. The lowest BCUT2D eigenvalue weighted by Gasteiger charge is -2.32. The lowest BCUT2D eigenvalue weighted by atomic mass is 9.96. The molecule has 2 rings (SSSR count). The summed E-state index contributed by atoms with van der Waals surface area (Å²) in [6.07, 6.45) is -3.11. The minimum Gasteiger partial charge on any atom is -0.374 e. The first-order valence-corrected chi connectivity index (χ1v) is 8.27. The van der Waals surface area contributed by atoms with Crippen LogP contribution in [0.3, 0.4) is 0 Å². The van der Waals surface area contributed by atoms with Crippen LogP contribution in [-0.2, 0) is 24.0 Å². The number of aryl methyl sites for hydroxylation is 1. The third-order valence-corrected chi connectivity index (χ3v) is 4.13. The maximum absolute atomic E-state index is 13.6. The zero-order valence-corrected chi connectivity index (χ0v) is 14.7. The number of hydrogen-bond acceptors (Lipinski definition) is 3. The summed E-state index contributed by atoms with van der Waals surface area (Å²) in [6, 6.07) is 9.00. The molecule has 8 heteroatoms. The SMILES string of the molecule is CCCN(Cc1ccccc1)C(=O)CC(O)(c1nccn1C)C(F)(F)F. The summed E-state index contributed by atoms with van der Waals surface area (Å²) in [6.45, 7) is 2.31. The summed E-state index contributed by atoms with van der Waals surface area (Å²) < 4.78 is 41.9. The molecule has 1 aromatic carbocycles. The molecule has 26 heavy (non-hydrogen) atoms. The van der Waals surface area contributed by atoms with Gasteiger partial charge in [0.25, 0.3) is 0 Å². The van der Waals surface area contributed by atoms with Gasteiger partial charge in [0.1, 0.15) is 0 Å². The average Bonchev–Trinajstić information content (AvgIpc) is 3.01. The van der Waals surface area contributed by atoms with E-state index in [0.29, 0.717) is 13.0 Å². The Morgan fingerprint density at radius 3 is 2.42 bits per heavy atom. The fourth-order valence-corrected chi connectivity index (χ4v) is 2.77. The Kier molecular flexibility index (Phi) is 6.07. The average molecular weight is 369 g/mol. The van der Waals surface area contributed by atoms with E-state index in [1.165, 1.54) is 18.1 Å². The molecule has 1 atom stereocenters. The van der Waals surface area contributed by atoms with E-state index in [9.17, 15) is 23.1 Å². The summed E-state index contributed by atoms with van der Waals surface area (Å²) in [7, 11) is 1.34. The van der Waals surface area contributed by atoms with Crippen LogP contribution < -0.4 is 0 Å². The number of aliphatic hydroxyl groups is 1. The fourth-order valence-electron chi connectivity index (χ4n) is 2.77. The zero-order chi connectivity index (χ0) is 19.4. The largest absolute Gasteiger partial charge is 0.425 e. The molecule has 0 radical (unpaired) electrons. The molecular weight excluding hydrogens is 347 g/mol. The van der Waals surface area contributed by atoms with Crippen molar-refractivity contribution < 1.29 is 23.1 Å². The predicted octanol–water partition coefficient (Wildman–Crippen LogP) is 3.00. The Bertz CT molecular complexity index is 731. The van der Waals surface area contributed by atoms with Crippen molar-refractivity contribution in [1.82, 2.24) is 14.5 Å². The van der Waals surface area contributed by atoms with Crippen LogP contribution in [0, 0.1) is 0 Å². The molecule has 1 unspecified atom stereocenters. The molecule has 142 valence electrons. The van der Waals surface area contributed by atoms with Crippen LogP contribution in [0.25, 0.3) is 0 Å². The molecule has 1 N–H and O–H groups in total. The van der Waals surface area contributed by atoms with Gasteiger partial charge in [0.15, 0.2) is 5.82 Å². The third kappa shape index (κ3) is 4.24. The highest BCUT2D eigenvalue weighted by Crippen LogP contribution is 2.41. The van der Waals surface area contributed by atoms with Gasteiger partial charge < -0.3 is 14.6 Å². The summed E-state index contributed by atoms with van der Waals surface area (Å²) in [4.78, 5) is 17.6. The van der Waals surface area contributed by atoms with Crippen molar-refractivity contribution in [1.29, 1.82) is 0 Å². The minimum atomic E-state index is -5.04. The van der Waals surface area contributed by atoms with Crippen molar-refractivity contribution >= 4 is 5.91 Å². The molecular formula is C18H22F3N3O2. The number of halogens is 3. The summed E-state index contributed by atoms with van der Waals surface area (Å²) in [5.41, 5.74) is -2.53. The van der Waals surface area contributed by atoms with Crippen LogP contribution in [0.1, 0.15) is 31.2 Å². The van der Waals surface area contributed by atoms with Gasteiger partial charge in [0.2, 0.25) is 11.5 Å². The number of aromatic nitrogens is 2. The normalized spacial score (nSPS) is 14.1. The lowest BCUT2D eigenvalue weighted by Crippen LogP contribution is -2.48. The van der Waals surface area contributed by atoms with Crippen molar-refractivity contribution in [2.75, 3.05) is 6.54 Å². The highest BCUT2D eigenvalue weighted by Gasteiger charge is 2.59. The second-order valence-corrected chi connectivity index (χ2v) is 6.20. The molecule has 0 spiro atoms. The van der Waals surface area contributed by atoms with Crippen molar-refractivity contribution in [2.45, 2.75) is 38.1 Å². The standard InChI is InChI=1S/C18H22F3N3O2/c1-3-10-24(13-14-7-5-4-6-8-14)15(25)12-17(26,18(19,20)21)16-22-9-11-23(16)2/h4-9,11,26H,3,10,12-13H2,1-2H3. The predicted molar refractivity (Wildman–Crippen MR) is 89.9 cm³/mol. The van der Waals surface area contributed by atoms with Crippen LogP contribution in [0.2, 0.25) is 0 Å². The lowest BCUT2D eigenvalue weighted by molar-refractivity contribution is -0.272. The number of rotatable bonds is 7. The van der Waals surface area contributed by atoms with Gasteiger partial charge in [-0.25, -0.2) is 4.98 Å². The number of nitrogens with zero attached hydrogens (tertiary/aromatic N) is 3. The Balaban J connectivity index is 2.28. The number of benzene rings is 1. The fraction of sp³-hybridized carbons (Fsp3) is 0.444. The van der Waals surface area contributed by atoms with Gasteiger partial charge >= 0.3 is 6.18 Å². The Morgan fingerprint density at radius 2 is 1.92 bits per heavy atom. The maximum atomic E-state index is 13.6. The first-order chi connectivity index (χ1) is 12.2. The van der Waals surface area contributed by atoms with E-state index >= 15 is 0 Å². The first-order valence-electron chi connectivity index (χ1n) is 8.27. The van der Waals surface area contributed by atoms with Crippen LogP contribution in [0.5, 0.6) is 0 Å². The van der Waals surface area contributed by atoms with Crippen molar-refractivity contribution in [3.05, 3.63) is 54.1 Å². The van der Waals surface area contributed by atoms with Crippen molar-refractivity contribution in [3.8, 4) is 0 Å². The smallest absolute Gasteiger partial charge is 0.374 e. The zero-order valence-electron chi connectivity index (χ0n) is 14.7. The Labute approximate surface area is 150 Å². The van der Waals surface area contributed by atoms with Crippen molar-refractivity contribution in [3.63, 3.8) is 0 Å². The molecule has 2 aromatic rings. The van der Waals surface area contributed by atoms with Crippen molar-refractivity contribution in [2.24, 2.45) is 7.05 Å². The number of alkyl halides is 3. The monoisotopic (exact) mass is 369 g/mol. The third-order valence-electron chi connectivity index (χ3n) is 4.13. The molecule has 5 nitrogen and oxygen atoms in total. The topological polar surface area (TPSA) is 58.4 Å². The molecule has 0 fully saturated rings. The van der Waals surface area contributed by atoms with Crippen LogP contribution >= 0.6 is 0 Å². The molecule has 0 aliphatic heterocycles. The van der Waals surface area contributed by atoms with Crippen LogP contribution in [0.15, 0.2) is 42.7 Å². The van der Waals surface area contributed by atoms with Gasteiger partial charge in [-0.3, -0.25) is 4.79 Å². The number of imidazole rings is 1. The number of amides is 1. The number of carbonyl (C=O) groups is 1. The summed E-state index contributed by atoms with van der Waals surface area (Å²) in [5, 5.41) is 10.4. The molecule has 0 saturated heterocycles. The van der Waals surface area contributed by atoms with E-state index in [1.54, 1.807) is 24.3 Å². The number of hydrogen-bond donors (Lipinski definition) is 1. The highest BCUT2D eigenvalue weighted by molar-refractivity contribution is 5.77. The van der Waals surface area contributed by atoms with Crippen LogP contribution in [-0.4, -0.2) is 38.2 Å². The van der Waals surface area contributed by atoms with Gasteiger partial charge in [-0.1, -0.05) is 37.3 Å². The molecule has 0 aliphatic carbocycles. The summed E-state index contributed by atoms with van der Waals surface area (Å²) >= 11 is 0. The van der Waals surface area contributed by atoms with E-state index in [-0.39, 0.29) is 6.54 Å². The van der Waals surface area contributed by atoms with Crippen LogP contribution in [0.4, 0.5) is 13.2 Å². The highest BCUT2D eigenvalue weighted by atomic mass is 19.4. The first kappa shape index (κ1) is 20.0. The summed E-state index contributed by atoms with van der Waals surface area (Å²) in [5.74, 6) is -1.38. The number of carbonyl (C=O) groups excluding carboxylic acids is 1. The maximum Gasteiger partial charge on any atom is 0.425 e. The van der Waals surface area contributed by atoms with Gasteiger partial charge in [-0.2, -0.15) is 13.2 Å². The quantitative estimate of drug-likeness (QED) is 0.816. The van der Waals surface area contributed by atoms with Gasteiger partial charge in [0.05, 0.1) is 6.42 Å².